The van der Waals surface area contributed by atoms with E-state index in [1.54, 1.807) is 44.0 Å². The zero-order chi connectivity index (χ0) is 19.1. The van der Waals surface area contributed by atoms with Gasteiger partial charge in [0.1, 0.15) is 0 Å². The molecule has 136 valence electrons. The van der Waals surface area contributed by atoms with Crippen LogP contribution in [-0.2, 0) is 9.59 Å². The van der Waals surface area contributed by atoms with Crippen LogP contribution >= 0.6 is 44.8 Å². The number of amides is 2. The van der Waals surface area contributed by atoms with Crippen LogP contribution in [0.3, 0.4) is 0 Å². The minimum absolute atomic E-state index is 0.132. The summed E-state index contributed by atoms with van der Waals surface area (Å²) in [5, 5.41) is 10.7. The van der Waals surface area contributed by atoms with E-state index in [1.165, 1.54) is 26.5 Å². The Balaban J connectivity index is 1.95. The van der Waals surface area contributed by atoms with E-state index >= 15 is 0 Å². The summed E-state index contributed by atoms with van der Waals surface area (Å²) in [4.78, 5) is 27.7. The Morgan fingerprint density at radius 2 is 1.88 bits per heavy atom. The number of nitriles is 1. The summed E-state index contributed by atoms with van der Waals surface area (Å²) in [6.07, 6.45) is 0.268. The van der Waals surface area contributed by atoms with Gasteiger partial charge in [-0.1, -0.05) is 50.9 Å². The topological polar surface area (TPSA) is 64.4 Å². The third-order valence-corrected chi connectivity index (χ3v) is 10.0. The number of piperazine rings is 1. The van der Waals surface area contributed by atoms with Gasteiger partial charge in [-0.2, -0.15) is 5.26 Å². The van der Waals surface area contributed by atoms with Crippen LogP contribution in [0.15, 0.2) is 18.2 Å². The molecule has 9 heteroatoms. The molecule has 1 spiro atoms. The number of nitrogens with zero attached hydrogens (tertiary/aromatic N) is 3. The average molecular weight is 428 g/mol. The largest absolute Gasteiger partial charge is 0.319 e. The van der Waals surface area contributed by atoms with Crippen LogP contribution in [0.1, 0.15) is 31.9 Å². The van der Waals surface area contributed by atoms with Crippen LogP contribution in [0.25, 0.3) is 0 Å². The minimum Gasteiger partial charge on any atom is -0.319 e. The van der Waals surface area contributed by atoms with Crippen molar-refractivity contribution in [1.29, 1.82) is 5.26 Å². The molecular formula is C17H15Cl2N3O2S2. The van der Waals surface area contributed by atoms with Gasteiger partial charge in [0, 0.05) is 13.5 Å². The number of hydrogen-bond acceptors (Lipinski definition) is 5. The van der Waals surface area contributed by atoms with Gasteiger partial charge in [0.25, 0.3) is 11.8 Å². The number of rotatable bonds is 1. The Labute approximate surface area is 169 Å². The van der Waals surface area contributed by atoms with Gasteiger partial charge >= 0.3 is 0 Å². The van der Waals surface area contributed by atoms with Crippen molar-refractivity contribution >= 4 is 56.6 Å². The fourth-order valence-electron chi connectivity index (χ4n) is 4.10. The van der Waals surface area contributed by atoms with E-state index in [2.05, 4.69) is 6.07 Å². The number of fused-ring (bicyclic) bond motifs is 2. The van der Waals surface area contributed by atoms with Crippen LogP contribution in [0.5, 0.6) is 0 Å². The second kappa shape index (κ2) is 5.48. The van der Waals surface area contributed by atoms with Crippen LogP contribution < -0.4 is 0 Å². The SMILES string of the molecule is CN1C(=O)[C@@]23C[C@](C)(C#N)C(c4ccc(Cl)c(Cl)c4)N2C(=O)[C@]1(C)SS3. The highest BCUT2D eigenvalue weighted by Gasteiger charge is 2.74. The van der Waals surface area contributed by atoms with Gasteiger partial charge < -0.3 is 9.80 Å². The molecule has 5 nitrogen and oxygen atoms in total. The molecule has 5 rings (SSSR count). The first-order chi connectivity index (χ1) is 12.1. The zero-order valence-corrected chi connectivity index (χ0v) is 17.4. The van der Waals surface area contributed by atoms with Crippen molar-refractivity contribution in [1.82, 2.24) is 9.80 Å². The quantitative estimate of drug-likeness (QED) is 0.631. The Bertz CT molecular complexity index is 906. The summed E-state index contributed by atoms with van der Waals surface area (Å²) in [6, 6.07) is 6.91. The molecule has 2 bridgehead atoms. The predicted molar refractivity (Wildman–Crippen MR) is 103 cm³/mol. The Kier molecular flexibility index (Phi) is 3.86. The lowest BCUT2D eigenvalue weighted by Gasteiger charge is -2.57. The molecule has 4 heterocycles. The maximum Gasteiger partial charge on any atom is 0.261 e. The summed E-state index contributed by atoms with van der Waals surface area (Å²) in [7, 11) is 4.43. The molecule has 26 heavy (non-hydrogen) atoms. The van der Waals surface area contributed by atoms with E-state index in [0.29, 0.717) is 15.6 Å². The first kappa shape index (κ1) is 18.3. The van der Waals surface area contributed by atoms with Gasteiger partial charge in [-0.05, 0) is 31.5 Å². The van der Waals surface area contributed by atoms with Crippen LogP contribution in [-0.4, -0.2) is 38.4 Å². The minimum atomic E-state index is -1.07. The summed E-state index contributed by atoms with van der Waals surface area (Å²) < 4.78 is 0. The van der Waals surface area contributed by atoms with Gasteiger partial charge in [-0.25, -0.2) is 0 Å². The molecule has 0 aliphatic carbocycles. The van der Waals surface area contributed by atoms with Gasteiger partial charge in [0.05, 0.1) is 27.6 Å². The van der Waals surface area contributed by atoms with Crippen molar-refractivity contribution in [3.05, 3.63) is 33.8 Å². The molecule has 1 unspecified atom stereocenters. The summed E-state index contributed by atoms with van der Waals surface area (Å²) >= 11 is 12.2. The van der Waals surface area contributed by atoms with E-state index in [1.807, 2.05) is 0 Å². The van der Waals surface area contributed by atoms with Crippen molar-refractivity contribution in [2.45, 2.75) is 36.1 Å². The highest BCUT2D eigenvalue weighted by molar-refractivity contribution is 8.78. The zero-order valence-electron chi connectivity index (χ0n) is 14.2. The normalized spacial score (nSPS) is 38.5. The smallest absolute Gasteiger partial charge is 0.261 e. The maximum absolute atomic E-state index is 13.4. The molecule has 0 radical (unpaired) electrons. The standard InChI is InChI=1S/C17H15Cl2N3O2S2/c1-15(8-20)7-17-14(24)21(3)16(2,25-26-17)13(23)22(17)12(15)9-4-5-10(18)11(19)6-9/h4-6,12H,7H2,1-3H3/t12?,15-,16+,17+/m1/s1. The van der Waals surface area contributed by atoms with E-state index in [4.69, 9.17) is 23.2 Å². The molecule has 2 amide bonds. The third kappa shape index (κ3) is 2.02. The van der Waals surface area contributed by atoms with Crippen LogP contribution in [0, 0.1) is 16.7 Å². The number of likely N-dealkylation sites (N-methyl/N-ethyl adjacent to an activating group) is 1. The van der Waals surface area contributed by atoms with Crippen molar-refractivity contribution in [2.75, 3.05) is 7.05 Å². The van der Waals surface area contributed by atoms with E-state index in [-0.39, 0.29) is 18.2 Å². The lowest BCUT2D eigenvalue weighted by atomic mass is 9.79. The maximum atomic E-state index is 13.4. The number of benzene rings is 1. The molecular weight excluding hydrogens is 413 g/mol. The molecule has 4 fully saturated rings. The lowest BCUT2D eigenvalue weighted by molar-refractivity contribution is -0.164. The first-order valence-corrected chi connectivity index (χ1v) is 10.9. The predicted octanol–water partition coefficient (Wildman–Crippen LogP) is 4.08. The average Bonchev–Trinajstić information content (AvgIpc) is 2.89. The van der Waals surface area contributed by atoms with E-state index in [9.17, 15) is 14.9 Å². The molecule has 4 aliphatic heterocycles. The Hall–Kier alpha value is -1.07. The van der Waals surface area contributed by atoms with Crippen molar-refractivity contribution in [3.63, 3.8) is 0 Å². The van der Waals surface area contributed by atoms with Gasteiger partial charge in [0.15, 0.2) is 9.74 Å². The van der Waals surface area contributed by atoms with Crippen molar-refractivity contribution < 1.29 is 9.59 Å². The summed E-state index contributed by atoms with van der Waals surface area (Å²) in [6.45, 7) is 3.55. The molecule has 0 aromatic heterocycles. The fraction of sp³-hybridized carbons (Fsp3) is 0.471. The number of carbonyl (C=O) groups excluding carboxylic acids is 2. The number of halogens is 2. The molecule has 1 aromatic rings. The first-order valence-electron chi connectivity index (χ1n) is 7.96. The van der Waals surface area contributed by atoms with E-state index in [0.717, 1.165) is 0 Å². The highest BCUT2D eigenvalue weighted by atomic mass is 35.5. The summed E-state index contributed by atoms with van der Waals surface area (Å²) in [5.41, 5.74) is -0.210. The van der Waals surface area contributed by atoms with Crippen LogP contribution in [0.2, 0.25) is 10.0 Å². The Morgan fingerprint density at radius 1 is 1.19 bits per heavy atom. The van der Waals surface area contributed by atoms with Crippen molar-refractivity contribution in [2.24, 2.45) is 5.41 Å². The monoisotopic (exact) mass is 427 g/mol. The van der Waals surface area contributed by atoms with Gasteiger partial charge in [0.2, 0.25) is 0 Å². The highest BCUT2D eigenvalue weighted by Crippen LogP contribution is 2.69. The molecule has 0 saturated carbocycles. The van der Waals surface area contributed by atoms with Crippen LogP contribution in [0.4, 0.5) is 0 Å². The third-order valence-electron chi connectivity index (χ3n) is 5.61. The number of carbonyl (C=O) groups is 2. The summed E-state index contributed by atoms with van der Waals surface area (Å²) in [5.74, 6) is -0.286. The van der Waals surface area contributed by atoms with E-state index < -0.39 is 21.2 Å². The molecule has 4 saturated heterocycles. The van der Waals surface area contributed by atoms with Gasteiger partial charge in [-0.3, -0.25) is 9.59 Å². The number of hydrogen-bond donors (Lipinski definition) is 0. The second-order valence-electron chi connectivity index (χ2n) is 7.26. The molecule has 0 N–H and O–H groups in total. The Morgan fingerprint density at radius 3 is 2.50 bits per heavy atom. The lowest BCUT2D eigenvalue weighted by Crippen LogP contribution is -2.73. The molecule has 1 aromatic carbocycles. The second-order valence-corrected chi connectivity index (χ2v) is 10.9. The van der Waals surface area contributed by atoms with Gasteiger partial charge in [-0.15, -0.1) is 0 Å². The van der Waals surface area contributed by atoms with Crippen molar-refractivity contribution in [3.8, 4) is 6.07 Å². The molecule has 4 atom stereocenters. The fourth-order valence-corrected chi connectivity index (χ4v) is 7.99. The molecule has 4 aliphatic rings.